The molecule has 0 amide bonds. The van der Waals surface area contributed by atoms with Gasteiger partial charge >= 0.3 is 5.63 Å². The van der Waals surface area contributed by atoms with Crippen molar-refractivity contribution in [2.45, 2.75) is 27.2 Å². The molecule has 21 heavy (non-hydrogen) atoms. The lowest BCUT2D eigenvalue weighted by atomic mass is 10.0. The Kier molecular flexibility index (Phi) is 4.43. The molecule has 0 unspecified atom stereocenters. The lowest BCUT2D eigenvalue weighted by molar-refractivity contribution is -0.116. The van der Waals surface area contributed by atoms with Crippen LogP contribution in [0.3, 0.4) is 0 Å². The van der Waals surface area contributed by atoms with E-state index in [0.29, 0.717) is 16.9 Å². The van der Waals surface area contributed by atoms with Crippen LogP contribution in [0.5, 0.6) is 5.75 Å². The lowest BCUT2D eigenvalue weighted by Crippen LogP contribution is -2.14. The van der Waals surface area contributed by atoms with Crippen LogP contribution in [-0.2, 0) is 16.0 Å². The first-order valence-electron chi connectivity index (χ1n) is 6.62. The van der Waals surface area contributed by atoms with Gasteiger partial charge in [-0.3, -0.25) is 4.79 Å². The van der Waals surface area contributed by atoms with E-state index in [1.807, 2.05) is 19.9 Å². The number of carbonyl (C=O) groups is 1. The van der Waals surface area contributed by atoms with Crippen LogP contribution in [0.4, 0.5) is 0 Å². The first-order valence-corrected chi connectivity index (χ1v) is 6.62. The molecule has 0 fully saturated rings. The van der Waals surface area contributed by atoms with Gasteiger partial charge in [0.25, 0.3) is 0 Å². The molecule has 1 heterocycles. The third-order valence-corrected chi connectivity index (χ3v) is 3.41. The van der Waals surface area contributed by atoms with Crippen molar-refractivity contribution in [3.63, 3.8) is 0 Å². The molecule has 112 valence electrons. The van der Waals surface area contributed by atoms with Gasteiger partial charge in [-0.1, -0.05) is 0 Å². The molecule has 2 aromatic rings. The van der Waals surface area contributed by atoms with Gasteiger partial charge in [-0.15, -0.1) is 0 Å². The molecule has 2 rings (SSSR count). The minimum Gasteiger partial charge on any atom is -0.467 e. The van der Waals surface area contributed by atoms with Gasteiger partial charge < -0.3 is 13.9 Å². The summed E-state index contributed by atoms with van der Waals surface area (Å²) < 4.78 is 15.7. The zero-order valence-corrected chi connectivity index (χ0v) is 12.6. The van der Waals surface area contributed by atoms with Crippen molar-refractivity contribution in [3.05, 3.63) is 39.2 Å². The standard InChI is InChI=1S/C16H18O5/c1-9(17)7-13-10(2)12-5-6-14(20-8-19-4)11(3)15(12)21-16(13)18/h5-6H,7-8H2,1-4H3. The quantitative estimate of drug-likeness (QED) is 0.625. The second-order valence-corrected chi connectivity index (χ2v) is 4.99. The first kappa shape index (κ1) is 15.3. The average molecular weight is 290 g/mol. The maximum Gasteiger partial charge on any atom is 0.340 e. The molecule has 0 aliphatic heterocycles. The van der Waals surface area contributed by atoms with Crippen molar-refractivity contribution in [3.8, 4) is 5.75 Å². The highest BCUT2D eigenvalue weighted by Crippen LogP contribution is 2.29. The van der Waals surface area contributed by atoms with Crippen molar-refractivity contribution < 1.29 is 18.7 Å². The Balaban J connectivity index is 2.63. The normalized spacial score (nSPS) is 10.9. The van der Waals surface area contributed by atoms with E-state index >= 15 is 0 Å². The Morgan fingerprint density at radius 2 is 1.95 bits per heavy atom. The number of Topliss-reactive ketones (excluding diaryl/α,β-unsaturated/α-hetero) is 1. The maximum absolute atomic E-state index is 12.1. The number of rotatable bonds is 5. The molecule has 0 aliphatic rings. The topological polar surface area (TPSA) is 65.7 Å². The number of hydrogen-bond acceptors (Lipinski definition) is 5. The summed E-state index contributed by atoms with van der Waals surface area (Å²) in [6.07, 6.45) is 0.0884. The van der Waals surface area contributed by atoms with Crippen LogP contribution in [0, 0.1) is 13.8 Å². The molecule has 1 aromatic carbocycles. The Hall–Kier alpha value is -2.14. The SMILES string of the molecule is COCOc1ccc2c(C)c(CC(C)=O)c(=O)oc2c1C. The summed E-state index contributed by atoms with van der Waals surface area (Å²) in [5, 5.41) is 0.813. The van der Waals surface area contributed by atoms with Crippen LogP contribution < -0.4 is 10.4 Å². The van der Waals surface area contributed by atoms with Gasteiger partial charge in [0.2, 0.25) is 0 Å². The fraction of sp³-hybridized carbons (Fsp3) is 0.375. The minimum atomic E-state index is -0.470. The molecule has 5 heteroatoms. The Morgan fingerprint density at radius 1 is 1.24 bits per heavy atom. The van der Waals surface area contributed by atoms with E-state index in [4.69, 9.17) is 13.9 Å². The van der Waals surface area contributed by atoms with Crippen LogP contribution in [0.25, 0.3) is 11.0 Å². The molecule has 1 aromatic heterocycles. The fourth-order valence-corrected chi connectivity index (χ4v) is 2.30. The van der Waals surface area contributed by atoms with E-state index in [-0.39, 0.29) is 19.0 Å². The van der Waals surface area contributed by atoms with E-state index < -0.39 is 5.63 Å². The molecule has 0 atom stereocenters. The summed E-state index contributed by atoms with van der Waals surface area (Å²) in [5.74, 6) is 0.535. The fourth-order valence-electron chi connectivity index (χ4n) is 2.30. The predicted octanol–water partition coefficient (Wildman–Crippen LogP) is 2.52. The van der Waals surface area contributed by atoms with Crippen LogP contribution in [-0.4, -0.2) is 19.7 Å². The number of aryl methyl sites for hydroxylation is 2. The molecule has 0 saturated carbocycles. The van der Waals surface area contributed by atoms with Crippen molar-refractivity contribution in [1.29, 1.82) is 0 Å². The zero-order chi connectivity index (χ0) is 15.6. The number of fused-ring (bicyclic) bond motifs is 1. The van der Waals surface area contributed by atoms with E-state index in [2.05, 4.69) is 0 Å². The summed E-state index contributed by atoms with van der Waals surface area (Å²) in [7, 11) is 1.54. The van der Waals surface area contributed by atoms with Gasteiger partial charge in [0, 0.05) is 30.0 Å². The summed E-state index contributed by atoms with van der Waals surface area (Å²) in [4.78, 5) is 23.4. The van der Waals surface area contributed by atoms with Gasteiger partial charge in [0.15, 0.2) is 6.79 Å². The van der Waals surface area contributed by atoms with Crippen LogP contribution >= 0.6 is 0 Å². The zero-order valence-electron chi connectivity index (χ0n) is 12.6. The van der Waals surface area contributed by atoms with Crippen LogP contribution in [0.15, 0.2) is 21.3 Å². The Bertz CT molecular complexity index is 742. The van der Waals surface area contributed by atoms with Crippen LogP contribution in [0.1, 0.15) is 23.6 Å². The highest BCUT2D eigenvalue weighted by Gasteiger charge is 2.16. The van der Waals surface area contributed by atoms with Crippen molar-refractivity contribution in [1.82, 2.24) is 0 Å². The Labute approximate surface area is 122 Å². The molecular weight excluding hydrogens is 272 g/mol. The second kappa shape index (κ2) is 6.10. The number of benzene rings is 1. The number of ether oxygens (including phenoxy) is 2. The van der Waals surface area contributed by atoms with Crippen molar-refractivity contribution in [2.24, 2.45) is 0 Å². The molecule has 0 spiro atoms. The predicted molar refractivity (Wildman–Crippen MR) is 78.8 cm³/mol. The number of carbonyl (C=O) groups excluding carboxylic acids is 1. The summed E-state index contributed by atoms with van der Waals surface area (Å²) in [5.41, 5.74) is 1.94. The highest BCUT2D eigenvalue weighted by atomic mass is 16.7. The smallest absolute Gasteiger partial charge is 0.340 e. The number of ketones is 1. The average Bonchev–Trinajstić information content (AvgIpc) is 2.43. The summed E-state index contributed by atoms with van der Waals surface area (Å²) in [6.45, 7) is 5.22. The van der Waals surface area contributed by atoms with Crippen molar-refractivity contribution >= 4 is 16.8 Å². The molecule has 0 bridgehead atoms. The first-order chi connectivity index (χ1) is 9.95. The van der Waals surface area contributed by atoms with Crippen molar-refractivity contribution in [2.75, 3.05) is 13.9 Å². The molecule has 5 nitrogen and oxygen atoms in total. The molecular formula is C16H18O5. The summed E-state index contributed by atoms with van der Waals surface area (Å²) in [6, 6.07) is 3.64. The molecule has 0 aliphatic carbocycles. The Morgan fingerprint density at radius 3 is 2.57 bits per heavy atom. The van der Waals surface area contributed by atoms with E-state index in [1.54, 1.807) is 6.07 Å². The van der Waals surface area contributed by atoms with E-state index in [9.17, 15) is 9.59 Å². The third-order valence-electron chi connectivity index (χ3n) is 3.41. The number of hydrogen-bond donors (Lipinski definition) is 0. The van der Waals surface area contributed by atoms with E-state index in [0.717, 1.165) is 16.5 Å². The monoisotopic (exact) mass is 290 g/mol. The van der Waals surface area contributed by atoms with Gasteiger partial charge in [-0.05, 0) is 38.5 Å². The molecule has 0 saturated heterocycles. The summed E-state index contributed by atoms with van der Waals surface area (Å²) >= 11 is 0. The van der Waals surface area contributed by atoms with E-state index in [1.165, 1.54) is 14.0 Å². The van der Waals surface area contributed by atoms with Gasteiger partial charge in [-0.25, -0.2) is 4.79 Å². The maximum atomic E-state index is 12.1. The van der Waals surface area contributed by atoms with Crippen LogP contribution in [0.2, 0.25) is 0 Å². The van der Waals surface area contributed by atoms with Gasteiger partial charge in [-0.2, -0.15) is 0 Å². The lowest BCUT2D eigenvalue weighted by Gasteiger charge is -2.12. The number of methoxy groups -OCH3 is 1. The minimum absolute atomic E-state index is 0.0680. The van der Waals surface area contributed by atoms with Gasteiger partial charge in [0.05, 0.1) is 0 Å². The molecule has 0 N–H and O–H groups in total. The third kappa shape index (κ3) is 2.97. The molecule has 0 radical (unpaired) electrons. The highest BCUT2D eigenvalue weighted by molar-refractivity contribution is 5.87. The largest absolute Gasteiger partial charge is 0.467 e. The second-order valence-electron chi connectivity index (χ2n) is 4.99. The van der Waals surface area contributed by atoms with Gasteiger partial charge in [0.1, 0.15) is 17.1 Å².